The Labute approximate surface area is 144 Å². The molecule has 1 aromatic carbocycles. The Bertz CT molecular complexity index is 840. The van der Waals surface area contributed by atoms with Gasteiger partial charge in [-0.3, -0.25) is 9.48 Å². The number of fused-ring (bicyclic) bond motifs is 1. The molecule has 1 aromatic heterocycles. The molecule has 1 atom stereocenters. The lowest BCUT2D eigenvalue weighted by Gasteiger charge is -2.24. The van der Waals surface area contributed by atoms with Gasteiger partial charge in [-0.25, -0.2) is 9.18 Å². The molecular formula is C17H21FN4O3. The van der Waals surface area contributed by atoms with Crippen molar-refractivity contribution in [3.8, 4) is 0 Å². The molecule has 134 valence electrons. The molecule has 3 rings (SSSR count). The molecule has 0 saturated carbocycles. The van der Waals surface area contributed by atoms with Crippen LogP contribution in [0.15, 0.2) is 18.3 Å². The minimum absolute atomic E-state index is 0.0516. The number of nitrogens with two attached hydrogens (primary N) is 1. The smallest absolute Gasteiger partial charge is 0.410 e. The highest BCUT2D eigenvalue weighted by atomic mass is 19.1. The first-order chi connectivity index (χ1) is 11.6. The summed E-state index contributed by atoms with van der Waals surface area (Å²) in [6.45, 7) is 6.44. The van der Waals surface area contributed by atoms with Crippen LogP contribution in [-0.4, -0.2) is 45.4 Å². The highest BCUT2D eigenvalue weighted by molar-refractivity contribution is 6.04. The summed E-state index contributed by atoms with van der Waals surface area (Å²) in [6.07, 6.45) is 2.01. The van der Waals surface area contributed by atoms with E-state index in [1.807, 2.05) is 20.8 Å². The standard InChI is InChI=1S/C17H21FN4O3/c1-17(2,3)25-16(24)21-5-4-12(9-21)22-8-10-6-11(18)7-13(15(19)23)14(10)20-22/h6-8,12H,4-5,9H2,1-3H3,(H2,19,23). The lowest BCUT2D eigenvalue weighted by molar-refractivity contribution is 0.0288. The van der Waals surface area contributed by atoms with E-state index in [-0.39, 0.29) is 17.7 Å². The van der Waals surface area contributed by atoms with Crippen molar-refractivity contribution in [3.05, 3.63) is 29.7 Å². The highest BCUT2D eigenvalue weighted by Crippen LogP contribution is 2.26. The van der Waals surface area contributed by atoms with E-state index in [0.717, 1.165) is 6.07 Å². The minimum atomic E-state index is -0.725. The van der Waals surface area contributed by atoms with Crippen molar-refractivity contribution < 1.29 is 18.7 Å². The zero-order chi connectivity index (χ0) is 18.4. The van der Waals surface area contributed by atoms with E-state index in [0.29, 0.717) is 30.4 Å². The third kappa shape index (κ3) is 3.57. The average molecular weight is 348 g/mol. The van der Waals surface area contributed by atoms with Gasteiger partial charge in [0.1, 0.15) is 16.9 Å². The van der Waals surface area contributed by atoms with Crippen LogP contribution >= 0.6 is 0 Å². The van der Waals surface area contributed by atoms with Crippen LogP contribution in [0.3, 0.4) is 0 Å². The second kappa shape index (κ2) is 6.02. The summed E-state index contributed by atoms with van der Waals surface area (Å²) in [4.78, 5) is 25.3. The predicted molar refractivity (Wildman–Crippen MR) is 89.7 cm³/mol. The Kier molecular flexibility index (Phi) is 4.14. The number of halogens is 1. The number of primary amides is 1. The van der Waals surface area contributed by atoms with Crippen molar-refractivity contribution in [2.45, 2.75) is 38.8 Å². The van der Waals surface area contributed by atoms with E-state index in [4.69, 9.17) is 10.5 Å². The molecule has 0 spiro atoms. The van der Waals surface area contributed by atoms with Crippen LogP contribution in [0.25, 0.3) is 10.9 Å². The number of amides is 2. The number of likely N-dealkylation sites (tertiary alicyclic amines) is 1. The van der Waals surface area contributed by atoms with E-state index >= 15 is 0 Å². The maximum Gasteiger partial charge on any atom is 0.410 e. The van der Waals surface area contributed by atoms with E-state index in [2.05, 4.69) is 5.10 Å². The van der Waals surface area contributed by atoms with Crippen molar-refractivity contribution in [1.29, 1.82) is 0 Å². The summed E-state index contributed by atoms with van der Waals surface area (Å²) in [6, 6.07) is 2.33. The van der Waals surface area contributed by atoms with Gasteiger partial charge in [0.25, 0.3) is 5.91 Å². The van der Waals surface area contributed by atoms with Crippen LogP contribution in [0.1, 0.15) is 43.6 Å². The third-order valence-corrected chi connectivity index (χ3v) is 4.05. The third-order valence-electron chi connectivity index (χ3n) is 4.05. The van der Waals surface area contributed by atoms with E-state index < -0.39 is 17.3 Å². The summed E-state index contributed by atoms with van der Waals surface area (Å²) in [7, 11) is 0. The second-order valence-electron chi connectivity index (χ2n) is 7.23. The Morgan fingerprint density at radius 2 is 2.08 bits per heavy atom. The molecule has 0 bridgehead atoms. The Balaban J connectivity index is 1.83. The molecule has 2 N–H and O–H groups in total. The van der Waals surface area contributed by atoms with Crippen LogP contribution in [0, 0.1) is 5.82 Å². The van der Waals surface area contributed by atoms with Crippen LogP contribution < -0.4 is 5.73 Å². The molecule has 1 aliphatic heterocycles. The normalized spacial score (nSPS) is 17.9. The molecule has 8 heteroatoms. The lowest BCUT2D eigenvalue weighted by atomic mass is 10.1. The number of aromatic nitrogens is 2. The lowest BCUT2D eigenvalue weighted by Crippen LogP contribution is -2.35. The predicted octanol–water partition coefficient (Wildman–Crippen LogP) is 2.46. The zero-order valence-electron chi connectivity index (χ0n) is 14.5. The van der Waals surface area contributed by atoms with Gasteiger partial charge >= 0.3 is 6.09 Å². The summed E-state index contributed by atoms with van der Waals surface area (Å²) in [5, 5.41) is 4.90. The molecule has 1 aliphatic rings. The van der Waals surface area contributed by atoms with E-state index in [1.165, 1.54) is 6.07 Å². The fourth-order valence-electron chi connectivity index (χ4n) is 2.94. The number of rotatable bonds is 2. The molecule has 2 amide bonds. The summed E-state index contributed by atoms with van der Waals surface area (Å²) in [5.41, 5.74) is 5.17. The van der Waals surface area contributed by atoms with Gasteiger partial charge in [-0.2, -0.15) is 5.10 Å². The van der Waals surface area contributed by atoms with Crippen molar-refractivity contribution in [3.63, 3.8) is 0 Å². The first kappa shape index (κ1) is 17.2. The van der Waals surface area contributed by atoms with Crippen LogP contribution in [-0.2, 0) is 4.74 Å². The number of carbonyl (C=O) groups is 2. The number of hydrogen-bond donors (Lipinski definition) is 1. The molecule has 0 aliphatic carbocycles. The first-order valence-electron chi connectivity index (χ1n) is 8.10. The Morgan fingerprint density at radius 1 is 1.36 bits per heavy atom. The Hall–Kier alpha value is -2.64. The largest absolute Gasteiger partial charge is 0.444 e. The molecule has 1 saturated heterocycles. The monoisotopic (exact) mass is 348 g/mol. The molecule has 2 aromatic rings. The van der Waals surface area contributed by atoms with E-state index in [1.54, 1.807) is 15.8 Å². The van der Waals surface area contributed by atoms with Gasteiger partial charge in [-0.05, 0) is 39.3 Å². The molecule has 1 fully saturated rings. The SMILES string of the molecule is CC(C)(C)OC(=O)N1CCC(n2cc3cc(F)cc(C(N)=O)c3n2)C1. The van der Waals surface area contributed by atoms with Crippen LogP contribution in [0.2, 0.25) is 0 Å². The Morgan fingerprint density at radius 3 is 2.72 bits per heavy atom. The number of benzene rings is 1. The van der Waals surface area contributed by atoms with Gasteiger partial charge in [-0.1, -0.05) is 0 Å². The van der Waals surface area contributed by atoms with Crippen molar-refractivity contribution in [2.24, 2.45) is 5.73 Å². The maximum atomic E-state index is 13.7. The molecule has 2 heterocycles. The summed E-state index contributed by atoms with van der Waals surface area (Å²) in [5.74, 6) is -1.26. The maximum absolute atomic E-state index is 13.7. The molecule has 1 unspecified atom stereocenters. The van der Waals surface area contributed by atoms with Gasteiger partial charge in [0.2, 0.25) is 0 Å². The number of carbonyl (C=O) groups excluding carboxylic acids is 2. The van der Waals surface area contributed by atoms with Gasteiger partial charge in [-0.15, -0.1) is 0 Å². The fraction of sp³-hybridized carbons (Fsp3) is 0.471. The van der Waals surface area contributed by atoms with Gasteiger partial charge in [0.15, 0.2) is 0 Å². The van der Waals surface area contributed by atoms with Gasteiger partial charge < -0.3 is 15.4 Å². The number of ether oxygens (including phenoxy) is 1. The zero-order valence-corrected chi connectivity index (χ0v) is 14.5. The summed E-state index contributed by atoms with van der Waals surface area (Å²) < 4.78 is 20.7. The first-order valence-corrected chi connectivity index (χ1v) is 8.10. The number of hydrogen-bond acceptors (Lipinski definition) is 4. The van der Waals surface area contributed by atoms with Crippen molar-refractivity contribution in [1.82, 2.24) is 14.7 Å². The number of nitrogens with zero attached hydrogens (tertiary/aromatic N) is 3. The molecule has 0 radical (unpaired) electrons. The summed E-state index contributed by atoms with van der Waals surface area (Å²) >= 11 is 0. The quantitative estimate of drug-likeness (QED) is 0.902. The molecule has 25 heavy (non-hydrogen) atoms. The van der Waals surface area contributed by atoms with Crippen molar-refractivity contribution >= 4 is 22.9 Å². The molecule has 7 nitrogen and oxygen atoms in total. The van der Waals surface area contributed by atoms with E-state index in [9.17, 15) is 14.0 Å². The topological polar surface area (TPSA) is 90.5 Å². The fourth-order valence-corrected chi connectivity index (χ4v) is 2.94. The van der Waals surface area contributed by atoms with Crippen LogP contribution in [0.4, 0.5) is 9.18 Å². The van der Waals surface area contributed by atoms with Crippen LogP contribution in [0.5, 0.6) is 0 Å². The minimum Gasteiger partial charge on any atom is -0.444 e. The second-order valence-corrected chi connectivity index (χ2v) is 7.23. The molecular weight excluding hydrogens is 327 g/mol. The van der Waals surface area contributed by atoms with Gasteiger partial charge in [0, 0.05) is 24.7 Å². The van der Waals surface area contributed by atoms with Gasteiger partial charge in [0.05, 0.1) is 11.6 Å². The average Bonchev–Trinajstić information content (AvgIpc) is 3.10. The highest BCUT2D eigenvalue weighted by Gasteiger charge is 2.31. The van der Waals surface area contributed by atoms with Crippen molar-refractivity contribution in [2.75, 3.05) is 13.1 Å².